The van der Waals surface area contributed by atoms with Crippen molar-refractivity contribution in [2.45, 2.75) is 32.4 Å². The van der Waals surface area contributed by atoms with Gasteiger partial charge in [0.05, 0.1) is 28.9 Å². The second kappa shape index (κ2) is 8.04. The fourth-order valence-corrected chi connectivity index (χ4v) is 4.92. The minimum Gasteiger partial charge on any atom is -0.365 e. The highest BCUT2D eigenvalue weighted by Gasteiger charge is 2.33. The van der Waals surface area contributed by atoms with Gasteiger partial charge >= 0.3 is 5.69 Å². The molecular formula is C26H26ClN3O3. The minimum absolute atomic E-state index is 0.311. The molecule has 0 spiro atoms. The van der Waals surface area contributed by atoms with E-state index in [2.05, 4.69) is 42.7 Å². The van der Waals surface area contributed by atoms with Crippen LogP contribution in [-0.2, 0) is 25.4 Å². The maximum absolute atomic E-state index is 13.4. The highest BCUT2D eigenvalue weighted by Crippen LogP contribution is 2.40. The van der Waals surface area contributed by atoms with Crippen LogP contribution in [0.2, 0.25) is 5.02 Å². The van der Waals surface area contributed by atoms with Crippen LogP contribution in [0.3, 0.4) is 0 Å². The second-order valence-electron chi connectivity index (χ2n) is 8.89. The van der Waals surface area contributed by atoms with E-state index in [1.165, 1.54) is 17.2 Å². The Bertz CT molecular complexity index is 1480. The Balaban J connectivity index is 1.86. The number of halogens is 1. The van der Waals surface area contributed by atoms with Gasteiger partial charge in [0.25, 0.3) is 5.56 Å². The third-order valence-corrected chi connectivity index (χ3v) is 6.83. The Kier molecular flexibility index (Phi) is 5.30. The van der Waals surface area contributed by atoms with Gasteiger partial charge in [0.2, 0.25) is 0 Å². The van der Waals surface area contributed by atoms with Gasteiger partial charge in [-0.1, -0.05) is 61.8 Å². The van der Waals surface area contributed by atoms with E-state index in [1.54, 1.807) is 11.6 Å². The first-order valence-corrected chi connectivity index (χ1v) is 11.5. The topological polar surface area (TPSA) is 58.2 Å². The van der Waals surface area contributed by atoms with Crippen molar-refractivity contribution in [2.24, 2.45) is 14.1 Å². The molecule has 1 aliphatic rings. The molecule has 33 heavy (non-hydrogen) atoms. The maximum atomic E-state index is 13.4. The van der Waals surface area contributed by atoms with Crippen molar-refractivity contribution < 1.29 is 4.74 Å². The van der Waals surface area contributed by atoms with Crippen LogP contribution < -0.4 is 11.2 Å². The van der Waals surface area contributed by atoms with E-state index in [9.17, 15) is 9.59 Å². The first kappa shape index (κ1) is 21.7. The van der Waals surface area contributed by atoms with Gasteiger partial charge in [-0.15, -0.1) is 0 Å². The van der Waals surface area contributed by atoms with Gasteiger partial charge in [0.15, 0.2) is 0 Å². The number of ether oxygens (including phenoxy) is 1. The summed E-state index contributed by atoms with van der Waals surface area (Å²) in [7, 11) is 3.23. The summed E-state index contributed by atoms with van der Waals surface area (Å²) >= 11 is 6.14. The lowest BCUT2D eigenvalue weighted by Crippen LogP contribution is -2.37. The van der Waals surface area contributed by atoms with E-state index in [-0.39, 0.29) is 17.4 Å². The fourth-order valence-electron chi connectivity index (χ4n) is 4.80. The first-order chi connectivity index (χ1) is 15.8. The monoisotopic (exact) mass is 463 g/mol. The Morgan fingerprint density at radius 2 is 1.64 bits per heavy atom. The third-order valence-electron chi connectivity index (χ3n) is 6.58. The number of fused-ring (bicyclic) bond motifs is 3. The fraction of sp³-hybridized carbons (Fsp3) is 0.308. The molecule has 0 radical (unpaired) electrons. The lowest BCUT2D eigenvalue weighted by atomic mass is 9.98. The lowest BCUT2D eigenvalue weighted by Gasteiger charge is -2.28. The average Bonchev–Trinajstić information content (AvgIpc) is 3.17. The molecule has 5 rings (SSSR count). The van der Waals surface area contributed by atoms with E-state index >= 15 is 0 Å². The standard InChI is InChI=1S/C26H26ClN3O3/c1-15(2)16-5-7-18(8-6-16)24-23-22-20(25(31)29(4)26(32)28(22)3)21(30(23)13-14-33-24)17-9-11-19(27)12-10-17/h5-12,15,24H,13-14H2,1-4H3/t24-/m0/s1. The van der Waals surface area contributed by atoms with E-state index in [4.69, 9.17) is 16.3 Å². The molecule has 0 saturated heterocycles. The van der Waals surface area contributed by atoms with Crippen molar-refractivity contribution in [3.8, 4) is 11.3 Å². The van der Waals surface area contributed by atoms with Crippen molar-refractivity contribution in [1.82, 2.24) is 13.7 Å². The number of nitrogens with zero attached hydrogens (tertiary/aromatic N) is 3. The van der Waals surface area contributed by atoms with Crippen LogP contribution in [0.5, 0.6) is 0 Å². The second-order valence-corrected chi connectivity index (χ2v) is 9.33. The summed E-state index contributed by atoms with van der Waals surface area (Å²) in [5, 5.41) is 1.14. The highest BCUT2D eigenvalue weighted by atomic mass is 35.5. The van der Waals surface area contributed by atoms with Gasteiger partial charge in [-0.3, -0.25) is 13.9 Å². The summed E-state index contributed by atoms with van der Waals surface area (Å²) in [5.74, 6) is 0.427. The number of rotatable bonds is 3. The summed E-state index contributed by atoms with van der Waals surface area (Å²) in [5.41, 5.74) is 4.69. The van der Waals surface area contributed by atoms with Crippen molar-refractivity contribution in [2.75, 3.05) is 6.61 Å². The van der Waals surface area contributed by atoms with Gasteiger partial charge in [-0.05, 0) is 34.7 Å². The van der Waals surface area contributed by atoms with Crippen LogP contribution in [-0.4, -0.2) is 20.3 Å². The Morgan fingerprint density at radius 3 is 2.27 bits per heavy atom. The number of hydrogen-bond donors (Lipinski definition) is 0. The van der Waals surface area contributed by atoms with E-state index in [1.807, 2.05) is 24.3 Å². The van der Waals surface area contributed by atoms with E-state index < -0.39 is 0 Å². The molecule has 2 aromatic heterocycles. The van der Waals surface area contributed by atoms with Gasteiger partial charge in [-0.2, -0.15) is 0 Å². The molecule has 0 saturated carbocycles. The minimum atomic E-state index is -0.388. The molecule has 3 heterocycles. The van der Waals surface area contributed by atoms with Gasteiger partial charge in [0, 0.05) is 25.7 Å². The van der Waals surface area contributed by atoms with Crippen molar-refractivity contribution in [3.63, 3.8) is 0 Å². The number of hydrogen-bond acceptors (Lipinski definition) is 3. The highest BCUT2D eigenvalue weighted by molar-refractivity contribution is 6.30. The molecule has 4 aromatic rings. The number of aryl methyl sites for hydroxylation is 1. The van der Waals surface area contributed by atoms with Crippen molar-refractivity contribution >= 4 is 22.5 Å². The third kappa shape index (κ3) is 3.36. The molecule has 6 nitrogen and oxygen atoms in total. The summed E-state index contributed by atoms with van der Waals surface area (Å²) in [4.78, 5) is 26.3. The molecule has 0 aliphatic carbocycles. The first-order valence-electron chi connectivity index (χ1n) is 11.1. The van der Waals surface area contributed by atoms with Crippen LogP contribution in [0.15, 0.2) is 58.1 Å². The number of benzene rings is 2. The molecule has 1 aliphatic heterocycles. The quantitative estimate of drug-likeness (QED) is 0.446. The van der Waals surface area contributed by atoms with Crippen LogP contribution >= 0.6 is 11.6 Å². The maximum Gasteiger partial charge on any atom is 0.331 e. The summed E-state index contributed by atoms with van der Waals surface area (Å²) in [6, 6.07) is 15.9. The van der Waals surface area contributed by atoms with Crippen LogP contribution in [0, 0.1) is 0 Å². The molecule has 0 amide bonds. The van der Waals surface area contributed by atoms with Gasteiger partial charge < -0.3 is 9.30 Å². The molecule has 2 aromatic carbocycles. The van der Waals surface area contributed by atoms with Crippen LogP contribution in [0.4, 0.5) is 0 Å². The average molecular weight is 464 g/mol. The zero-order valence-corrected chi connectivity index (χ0v) is 19.9. The molecule has 0 unspecified atom stereocenters. The smallest absolute Gasteiger partial charge is 0.331 e. The molecule has 170 valence electrons. The van der Waals surface area contributed by atoms with Crippen LogP contribution in [0.1, 0.15) is 42.7 Å². The van der Waals surface area contributed by atoms with Crippen LogP contribution in [0.25, 0.3) is 22.2 Å². The Labute approximate surface area is 196 Å². The SMILES string of the molecule is CC(C)c1ccc([C@@H]2OCCn3c(-c4ccc(Cl)cc4)c4c(=O)n(C)c(=O)n(C)c4c32)cc1. The number of aromatic nitrogens is 3. The Hall–Kier alpha value is -3.09. The van der Waals surface area contributed by atoms with Gasteiger partial charge in [-0.25, -0.2) is 4.79 Å². The van der Waals surface area contributed by atoms with Crippen molar-refractivity contribution in [3.05, 3.63) is 91.2 Å². The lowest BCUT2D eigenvalue weighted by molar-refractivity contribution is 0.0478. The van der Waals surface area contributed by atoms with E-state index in [0.717, 1.165) is 22.5 Å². The molecule has 0 fully saturated rings. The summed E-state index contributed by atoms with van der Waals surface area (Å²) in [6.07, 6.45) is -0.388. The molecule has 7 heteroatoms. The zero-order valence-electron chi connectivity index (χ0n) is 19.1. The van der Waals surface area contributed by atoms with Gasteiger partial charge in [0.1, 0.15) is 6.10 Å². The van der Waals surface area contributed by atoms with Crippen molar-refractivity contribution in [1.29, 1.82) is 0 Å². The summed E-state index contributed by atoms with van der Waals surface area (Å²) < 4.78 is 11.1. The largest absolute Gasteiger partial charge is 0.365 e. The summed E-state index contributed by atoms with van der Waals surface area (Å²) in [6.45, 7) is 5.41. The van der Waals surface area contributed by atoms with E-state index in [0.29, 0.717) is 35.0 Å². The zero-order chi connectivity index (χ0) is 23.4. The molecule has 1 atom stereocenters. The normalized spacial score (nSPS) is 15.9. The molecular weight excluding hydrogens is 438 g/mol. The Morgan fingerprint density at radius 1 is 0.970 bits per heavy atom. The molecule has 0 bridgehead atoms. The molecule has 0 N–H and O–H groups in total. The predicted octanol–water partition coefficient (Wildman–Crippen LogP) is 4.60. The predicted molar refractivity (Wildman–Crippen MR) is 131 cm³/mol.